The zero-order chi connectivity index (χ0) is 59.3. The Kier molecular flexibility index (Phi) is 20.6. The smallest absolute Gasteiger partial charge is 0.360 e. The van der Waals surface area contributed by atoms with E-state index in [2.05, 4.69) is 47.7 Å². The molecular weight excluding hydrogens is 1170 g/mol. The van der Waals surface area contributed by atoms with Gasteiger partial charge in [0.05, 0.1) is 50.1 Å². The van der Waals surface area contributed by atoms with Gasteiger partial charge in [0, 0.05) is 64.2 Å². The van der Waals surface area contributed by atoms with Gasteiger partial charge in [-0.1, -0.05) is 86.2 Å². The minimum atomic E-state index is -3.60. The fraction of sp³-hybridized carbons (Fsp3) is 0.451. The van der Waals surface area contributed by atoms with Crippen molar-refractivity contribution in [3.8, 4) is 11.5 Å². The first-order valence-corrected chi connectivity index (χ1v) is 30.5. The SMILES string of the molecule is CC1CC(C)CN(C(=O)Cn2cc(CS(C)(=O)=O)n3c(=O)c(O)c(C(=O)NCc4ccc(Cl)c(Cl)c4)nc23)C1.COC(=O)c1nc2n(CC(=O)N3CC(C)CC(C)C3)cc(CS(C)(=O)=O)n2c(=O)c1O.NCc1ccc(Cl)c(Cl)c1. The number of carbonyl (C=O) groups is 4. The molecule has 3 amide bonds. The predicted molar refractivity (Wildman–Crippen MR) is 302 cm³/mol. The third kappa shape index (κ3) is 15.8. The lowest BCUT2D eigenvalue weighted by Crippen LogP contribution is -2.44. The number of aromatic nitrogens is 6. The molecule has 6 aromatic rings. The summed E-state index contributed by atoms with van der Waals surface area (Å²) >= 11 is 23.3. The predicted octanol–water partition coefficient (Wildman–Crippen LogP) is 4.98. The first-order valence-electron chi connectivity index (χ1n) is 24.9. The molecule has 80 heavy (non-hydrogen) atoms. The van der Waals surface area contributed by atoms with Crippen molar-refractivity contribution in [3.63, 3.8) is 0 Å². The average molecular weight is 1230 g/mol. The Bertz CT molecular complexity index is 3700. The number of nitrogens with two attached hydrogens (primary N) is 1. The number of aromatic hydroxyl groups is 2. The number of sulfone groups is 2. The van der Waals surface area contributed by atoms with Crippen LogP contribution in [0.25, 0.3) is 11.6 Å². The van der Waals surface area contributed by atoms with E-state index in [4.69, 9.17) is 52.1 Å². The van der Waals surface area contributed by atoms with Crippen LogP contribution >= 0.6 is 46.4 Å². The first-order chi connectivity index (χ1) is 37.4. The van der Waals surface area contributed by atoms with Crippen molar-refractivity contribution in [2.75, 3.05) is 45.8 Å². The minimum absolute atomic E-state index is 0.000365. The summed E-state index contributed by atoms with van der Waals surface area (Å²) in [6.07, 6.45) is 6.70. The van der Waals surface area contributed by atoms with Crippen LogP contribution in [0.3, 0.4) is 0 Å². The lowest BCUT2D eigenvalue weighted by Gasteiger charge is -2.35. The highest BCUT2D eigenvalue weighted by Crippen LogP contribution is 2.26. The highest BCUT2D eigenvalue weighted by Gasteiger charge is 2.31. The van der Waals surface area contributed by atoms with Gasteiger partial charge in [-0.15, -0.1) is 0 Å². The molecule has 2 fully saturated rings. The zero-order valence-electron chi connectivity index (χ0n) is 44.8. The lowest BCUT2D eigenvalue weighted by atomic mass is 9.92. The number of likely N-dealkylation sites (tertiary alicyclic amines) is 2. The molecule has 0 radical (unpaired) electrons. The highest BCUT2D eigenvalue weighted by atomic mass is 35.5. The summed E-state index contributed by atoms with van der Waals surface area (Å²) in [5.41, 5.74) is 3.81. The molecule has 29 heteroatoms. The molecule has 8 rings (SSSR count). The number of fused-ring (bicyclic) bond motifs is 2. The maximum Gasteiger partial charge on any atom is 0.360 e. The zero-order valence-corrected chi connectivity index (χ0v) is 49.4. The van der Waals surface area contributed by atoms with Gasteiger partial charge in [0.1, 0.15) is 13.1 Å². The van der Waals surface area contributed by atoms with Crippen molar-refractivity contribution < 1.29 is 51.0 Å². The van der Waals surface area contributed by atoms with Crippen LogP contribution in [0.5, 0.6) is 11.5 Å². The molecule has 2 saturated heterocycles. The van der Waals surface area contributed by atoms with Crippen molar-refractivity contribution >= 4 is 101 Å². The van der Waals surface area contributed by atoms with E-state index in [0.717, 1.165) is 46.8 Å². The summed E-state index contributed by atoms with van der Waals surface area (Å²) in [6, 6.07) is 10.1. The molecule has 5 N–H and O–H groups in total. The highest BCUT2D eigenvalue weighted by molar-refractivity contribution is 7.90. The second-order valence-corrected chi connectivity index (χ2v) is 26.4. The topological polar surface area (TPSA) is 309 Å². The molecule has 0 spiro atoms. The summed E-state index contributed by atoms with van der Waals surface area (Å²) < 4.78 is 56.9. The average Bonchev–Trinajstić information content (AvgIpc) is 4.04. The number of hydrogen-bond donors (Lipinski definition) is 4. The van der Waals surface area contributed by atoms with Crippen molar-refractivity contribution in [1.29, 1.82) is 0 Å². The number of methoxy groups -OCH3 is 1. The number of nitrogens with one attached hydrogen (secondary N) is 1. The lowest BCUT2D eigenvalue weighted by molar-refractivity contribution is -0.135. The maximum absolute atomic E-state index is 13.2. The first kappa shape index (κ1) is 63.0. The summed E-state index contributed by atoms with van der Waals surface area (Å²) in [5, 5.41) is 25.1. The number of amides is 3. The summed E-state index contributed by atoms with van der Waals surface area (Å²) in [5.74, 6) is -4.21. The van der Waals surface area contributed by atoms with Gasteiger partial charge in [-0.3, -0.25) is 24.0 Å². The van der Waals surface area contributed by atoms with E-state index in [1.807, 2.05) is 6.07 Å². The number of benzene rings is 2. The molecule has 0 bridgehead atoms. The number of halogens is 4. The number of piperidine rings is 2. The molecule has 23 nitrogen and oxygen atoms in total. The monoisotopic (exact) mass is 1230 g/mol. The Balaban J connectivity index is 0.000000224. The van der Waals surface area contributed by atoms with Crippen molar-refractivity contribution in [2.45, 2.75) is 78.2 Å². The van der Waals surface area contributed by atoms with E-state index < -0.39 is 77.1 Å². The molecule has 4 atom stereocenters. The maximum atomic E-state index is 13.2. The quantitative estimate of drug-likeness (QED) is 0.111. The van der Waals surface area contributed by atoms with Crippen LogP contribution in [-0.2, 0) is 71.7 Å². The van der Waals surface area contributed by atoms with E-state index in [1.54, 1.807) is 40.1 Å². The number of rotatable bonds is 13. The number of ether oxygens (including phenoxy) is 1. The summed E-state index contributed by atoms with van der Waals surface area (Å²) in [7, 11) is -6.08. The number of hydrogen-bond acceptors (Lipinski definition) is 16. The van der Waals surface area contributed by atoms with Crippen molar-refractivity contribution in [3.05, 3.63) is 123 Å². The number of carbonyl (C=O) groups excluding carboxylic acids is 4. The van der Waals surface area contributed by atoms with Crippen LogP contribution in [-0.4, -0.2) is 134 Å². The van der Waals surface area contributed by atoms with Gasteiger partial charge in [-0.2, -0.15) is 0 Å². The van der Waals surface area contributed by atoms with Gasteiger partial charge in [-0.25, -0.2) is 40.4 Å². The van der Waals surface area contributed by atoms with E-state index >= 15 is 0 Å². The van der Waals surface area contributed by atoms with Gasteiger partial charge in [-0.05, 0) is 71.9 Å². The van der Waals surface area contributed by atoms with Crippen LogP contribution in [0.2, 0.25) is 20.1 Å². The molecule has 2 aliphatic heterocycles. The van der Waals surface area contributed by atoms with Gasteiger partial charge in [0.15, 0.2) is 31.1 Å². The Hall–Kier alpha value is -6.22. The van der Waals surface area contributed by atoms with E-state index in [0.29, 0.717) is 82.0 Å². The van der Waals surface area contributed by atoms with Gasteiger partial charge >= 0.3 is 17.1 Å². The Morgan fingerprint density at radius 3 is 1.43 bits per heavy atom. The Labute approximate surface area is 481 Å². The van der Waals surface area contributed by atoms with Gasteiger partial charge < -0.3 is 44.9 Å². The second-order valence-electron chi connectivity index (χ2n) is 20.5. The van der Waals surface area contributed by atoms with Gasteiger partial charge in [0.2, 0.25) is 34.9 Å². The van der Waals surface area contributed by atoms with E-state index in [-0.39, 0.29) is 54.4 Å². The molecule has 6 heterocycles. The second kappa shape index (κ2) is 26.1. The largest absolute Gasteiger partial charge is 0.501 e. The van der Waals surface area contributed by atoms with Crippen LogP contribution in [0.4, 0.5) is 0 Å². The number of imidazole rings is 2. The molecular formula is C51H62Cl4N10O13S2. The number of nitrogens with zero attached hydrogens (tertiary/aromatic N) is 8. The van der Waals surface area contributed by atoms with E-state index in [1.165, 1.54) is 21.5 Å². The Morgan fingerprint density at radius 1 is 0.650 bits per heavy atom. The Morgan fingerprint density at radius 2 is 1.04 bits per heavy atom. The fourth-order valence-corrected chi connectivity index (χ4v) is 11.8. The molecule has 4 aromatic heterocycles. The summed E-state index contributed by atoms with van der Waals surface area (Å²) in [6.45, 7) is 10.7. The van der Waals surface area contributed by atoms with Gasteiger partial charge in [0.25, 0.3) is 5.91 Å². The molecule has 434 valence electrons. The van der Waals surface area contributed by atoms with Crippen LogP contribution < -0.4 is 22.2 Å². The minimum Gasteiger partial charge on any atom is -0.501 e. The summed E-state index contributed by atoms with van der Waals surface area (Å²) in [4.78, 5) is 88.6. The third-order valence-corrected chi connectivity index (χ3v) is 16.0. The standard InChI is InChI=1S/C25H29Cl2N5O6S.C19H26N4O7S.C7H7Cl2N/c1-14-6-15(2)10-30(9-14)20(33)12-31-11-17(13-39(3,37)38)32-24(36)22(34)21(29-25(31)32)23(35)28-8-16-4-5-18(26)19(27)7-16;1-11-5-12(2)7-21(6-11)14(24)9-22-8-13(10-31(4,28)29)23-17(26)16(25)15(18(27)30-3)20-19(22)23;8-6-2-1-5(4-10)3-7(6)9/h4-5,7,11,14-15,34H,6,8-10,12-13H2,1-3H3,(H,28,35);8,11-12,25H,5-7,9-10H2,1-4H3;1-3H,4,10H2. The molecule has 0 saturated carbocycles. The normalized spacial score (nSPS) is 17.6. The van der Waals surface area contributed by atoms with Crippen molar-refractivity contribution in [2.24, 2.45) is 29.4 Å². The molecule has 0 aliphatic carbocycles. The molecule has 4 unspecified atom stereocenters. The van der Waals surface area contributed by atoms with Crippen LogP contribution in [0, 0.1) is 23.7 Å². The third-order valence-electron chi connectivity index (χ3n) is 12.9. The fourth-order valence-electron chi connectivity index (χ4n) is 9.67. The molecule has 2 aromatic carbocycles. The van der Waals surface area contributed by atoms with E-state index in [9.17, 15) is 55.8 Å². The van der Waals surface area contributed by atoms with Crippen LogP contribution in [0.1, 0.15) is 84.0 Å². The number of esters is 1. The van der Waals surface area contributed by atoms with Crippen molar-refractivity contribution in [1.82, 2.24) is 43.0 Å². The molecule has 2 aliphatic rings. The van der Waals surface area contributed by atoms with Crippen LogP contribution in [0.15, 0.2) is 58.4 Å².